The molecule has 116 valence electrons. The van der Waals surface area contributed by atoms with Crippen LogP contribution in [-0.2, 0) is 4.79 Å². The van der Waals surface area contributed by atoms with Gasteiger partial charge in [0.2, 0.25) is 5.91 Å². The minimum atomic E-state index is -4.58. The van der Waals surface area contributed by atoms with Crippen molar-refractivity contribution in [2.24, 2.45) is 0 Å². The largest absolute Gasteiger partial charge is 0.406 e. The first-order chi connectivity index (χ1) is 10.2. The Morgan fingerprint density at radius 3 is 2.59 bits per heavy atom. The lowest BCUT2D eigenvalue weighted by atomic mass is 10.1. The second-order valence-corrected chi connectivity index (χ2v) is 4.16. The van der Waals surface area contributed by atoms with E-state index < -0.39 is 30.1 Å². The summed E-state index contributed by atoms with van der Waals surface area (Å²) in [5.41, 5.74) is -0.153. The van der Waals surface area contributed by atoms with Crippen LogP contribution in [0.3, 0.4) is 0 Å². The molecule has 22 heavy (non-hydrogen) atoms. The summed E-state index contributed by atoms with van der Waals surface area (Å²) >= 11 is 0. The maximum absolute atomic E-state index is 12.3. The van der Waals surface area contributed by atoms with E-state index in [2.05, 4.69) is 0 Å². The highest BCUT2D eigenvalue weighted by atomic mass is 19.4. The number of nitro groups is 1. The lowest BCUT2D eigenvalue weighted by Crippen LogP contribution is -2.38. The number of hydrogen-bond donors (Lipinski definition) is 0. The number of terminal acetylenes is 1. The van der Waals surface area contributed by atoms with Gasteiger partial charge in [-0.1, -0.05) is 18.1 Å². The molecule has 0 aliphatic rings. The highest BCUT2D eigenvalue weighted by molar-refractivity contribution is 5.92. The van der Waals surface area contributed by atoms with E-state index in [4.69, 9.17) is 6.42 Å². The number of rotatable bonds is 5. The third kappa shape index (κ3) is 5.28. The summed E-state index contributed by atoms with van der Waals surface area (Å²) in [7, 11) is 0. The molecule has 0 bridgehead atoms. The molecule has 1 amide bonds. The molecule has 0 unspecified atom stereocenters. The number of carbonyl (C=O) groups is 1. The van der Waals surface area contributed by atoms with E-state index in [9.17, 15) is 28.1 Å². The number of hydrogen-bond acceptors (Lipinski definition) is 3. The van der Waals surface area contributed by atoms with Crippen LogP contribution in [0.5, 0.6) is 0 Å². The molecule has 0 heterocycles. The van der Waals surface area contributed by atoms with Crippen LogP contribution in [0.25, 0.3) is 6.08 Å². The van der Waals surface area contributed by atoms with E-state index >= 15 is 0 Å². The van der Waals surface area contributed by atoms with Crippen molar-refractivity contribution < 1.29 is 22.9 Å². The molecule has 1 aromatic rings. The second-order valence-electron chi connectivity index (χ2n) is 4.16. The highest BCUT2D eigenvalue weighted by Crippen LogP contribution is 2.20. The molecular weight excluding hydrogens is 301 g/mol. The molecule has 5 nitrogen and oxygen atoms in total. The summed E-state index contributed by atoms with van der Waals surface area (Å²) in [5.74, 6) is 0.984. The molecule has 0 aliphatic heterocycles. The Hall–Kier alpha value is -2.82. The normalized spacial score (nSPS) is 11.2. The predicted octanol–water partition coefficient (Wildman–Crippen LogP) is 2.63. The minimum Gasteiger partial charge on any atom is -0.319 e. The van der Waals surface area contributed by atoms with E-state index in [-0.39, 0.29) is 11.3 Å². The molecule has 0 N–H and O–H groups in total. The number of nitro benzene ring substituents is 1. The Balaban J connectivity index is 2.94. The summed E-state index contributed by atoms with van der Waals surface area (Å²) in [5, 5.41) is 10.8. The van der Waals surface area contributed by atoms with Gasteiger partial charge in [-0.3, -0.25) is 14.9 Å². The van der Waals surface area contributed by atoms with E-state index in [0.29, 0.717) is 4.90 Å². The lowest BCUT2D eigenvalue weighted by Gasteiger charge is -2.20. The van der Waals surface area contributed by atoms with Crippen molar-refractivity contribution in [3.05, 3.63) is 46.0 Å². The molecular formula is C14H11F3N2O3. The van der Waals surface area contributed by atoms with Gasteiger partial charge in [0.15, 0.2) is 0 Å². The van der Waals surface area contributed by atoms with Crippen molar-refractivity contribution in [1.82, 2.24) is 4.90 Å². The van der Waals surface area contributed by atoms with Crippen LogP contribution in [0.1, 0.15) is 5.56 Å². The van der Waals surface area contributed by atoms with Gasteiger partial charge < -0.3 is 4.90 Å². The van der Waals surface area contributed by atoms with Crippen LogP contribution in [0.2, 0.25) is 0 Å². The number of carbonyl (C=O) groups excluding carboxylic acids is 1. The Labute approximate surface area is 124 Å². The van der Waals surface area contributed by atoms with Crippen LogP contribution in [0.4, 0.5) is 18.9 Å². The first-order valence-corrected chi connectivity index (χ1v) is 5.95. The molecule has 0 fully saturated rings. The molecule has 0 aliphatic carbocycles. The van der Waals surface area contributed by atoms with Gasteiger partial charge in [-0.2, -0.15) is 13.2 Å². The molecule has 0 saturated heterocycles. The topological polar surface area (TPSA) is 63.5 Å². The first kappa shape index (κ1) is 17.2. The fraction of sp³-hybridized carbons (Fsp3) is 0.214. The van der Waals surface area contributed by atoms with Crippen molar-refractivity contribution in [1.29, 1.82) is 0 Å². The van der Waals surface area contributed by atoms with Crippen LogP contribution in [0, 0.1) is 22.5 Å². The second kappa shape index (κ2) is 7.26. The van der Waals surface area contributed by atoms with Gasteiger partial charge in [-0.25, -0.2) is 0 Å². The van der Waals surface area contributed by atoms with E-state index in [1.54, 1.807) is 0 Å². The average molecular weight is 312 g/mol. The molecule has 0 atom stereocenters. The van der Waals surface area contributed by atoms with Gasteiger partial charge in [0.1, 0.15) is 6.54 Å². The van der Waals surface area contributed by atoms with Gasteiger partial charge in [-0.05, 0) is 12.1 Å². The zero-order chi connectivity index (χ0) is 16.8. The minimum absolute atomic E-state index is 0.105. The van der Waals surface area contributed by atoms with Crippen molar-refractivity contribution in [2.45, 2.75) is 6.18 Å². The summed E-state index contributed by atoms with van der Waals surface area (Å²) < 4.78 is 37.0. The standard InChI is InChI=1S/C14H11F3N2O3/c1-2-9-18(10-14(15,16)17)13(20)8-7-11-5-3-4-6-12(11)19(21)22/h1,3-8H,9-10H2/b8-7+. The smallest absolute Gasteiger partial charge is 0.319 e. The van der Waals surface area contributed by atoms with Gasteiger partial charge in [-0.15, -0.1) is 6.42 Å². The Morgan fingerprint density at radius 2 is 2.05 bits per heavy atom. The molecule has 1 aromatic carbocycles. The van der Waals surface area contributed by atoms with Crippen LogP contribution in [-0.4, -0.2) is 35.0 Å². The zero-order valence-corrected chi connectivity index (χ0v) is 11.2. The number of alkyl halides is 3. The predicted molar refractivity (Wildman–Crippen MR) is 73.6 cm³/mol. The molecule has 0 saturated carbocycles. The fourth-order valence-electron chi connectivity index (χ4n) is 1.60. The van der Waals surface area contributed by atoms with Gasteiger partial charge in [0, 0.05) is 12.1 Å². The molecule has 8 heteroatoms. The SMILES string of the molecule is C#CCN(CC(F)(F)F)C(=O)/C=C/c1ccccc1[N+](=O)[O-]. The maximum Gasteiger partial charge on any atom is 0.406 e. The van der Waals surface area contributed by atoms with Crippen LogP contribution in [0.15, 0.2) is 30.3 Å². The molecule has 0 aromatic heterocycles. The highest BCUT2D eigenvalue weighted by Gasteiger charge is 2.32. The average Bonchev–Trinajstić information content (AvgIpc) is 2.43. The zero-order valence-electron chi connectivity index (χ0n) is 11.2. The van der Waals surface area contributed by atoms with E-state index in [1.165, 1.54) is 24.3 Å². The van der Waals surface area contributed by atoms with Crippen molar-refractivity contribution in [3.8, 4) is 12.3 Å². The van der Waals surface area contributed by atoms with E-state index in [1.807, 2.05) is 5.92 Å². The number of halogens is 3. The van der Waals surface area contributed by atoms with Gasteiger partial charge in [0.05, 0.1) is 17.0 Å². The number of amides is 1. The monoisotopic (exact) mass is 312 g/mol. The van der Waals surface area contributed by atoms with Gasteiger partial charge in [0.25, 0.3) is 5.69 Å². The summed E-state index contributed by atoms with van der Waals surface area (Å²) in [6.45, 7) is -2.00. The lowest BCUT2D eigenvalue weighted by molar-refractivity contribution is -0.385. The summed E-state index contributed by atoms with van der Waals surface area (Å²) in [4.78, 5) is 22.3. The number of nitrogens with zero attached hydrogens (tertiary/aromatic N) is 2. The van der Waals surface area contributed by atoms with Crippen LogP contribution < -0.4 is 0 Å². The van der Waals surface area contributed by atoms with Crippen LogP contribution >= 0.6 is 0 Å². The number of para-hydroxylation sites is 1. The third-order valence-electron chi connectivity index (χ3n) is 2.50. The quantitative estimate of drug-likeness (QED) is 0.363. The van der Waals surface area contributed by atoms with Crippen molar-refractivity contribution in [2.75, 3.05) is 13.1 Å². The first-order valence-electron chi connectivity index (χ1n) is 5.95. The maximum atomic E-state index is 12.3. The Bertz CT molecular complexity index is 633. The summed E-state index contributed by atoms with van der Waals surface area (Å²) in [6, 6.07) is 5.54. The Morgan fingerprint density at radius 1 is 1.41 bits per heavy atom. The molecule has 1 rings (SSSR count). The molecule has 0 spiro atoms. The third-order valence-corrected chi connectivity index (χ3v) is 2.50. The van der Waals surface area contributed by atoms with Gasteiger partial charge >= 0.3 is 6.18 Å². The molecule has 0 radical (unpaired) electrons. The number of benzene rings is 1. The fourth-order valence-corrected chi connectivity index (χ4v) is 1.60. The van der Waals surface area contributed by atoms with Crippen molar-refractivity contribution in [3.63, 3.8) is 0 Å². The van der Waals surface area contributed by atoms with E-state index in [0.717, 1.165) is 12.2 Å². The van der Waals surface area contributed by atoms with Crippen molar-refractivity contribution >= 4 is 17.7 Å². The Kier molecular flexibility index (Phi) is 5.69. The summed E-state index contributed by atoms with van der Waals surface area (Å²) in [6.07, 6.45) is 2.26.